The number of rotatable bonds is 3. The molecule has 1 aliphatic rings. The van der Waals surface area contributed by atoms with Crippen LogP contribution in [0.1, 0.15) is 12.0 Å². The first-order chi connectivity index (χ1) is 8.78. The molecule has 1 fully saturated rings. The van der Waals surface area contributed by atoms with Crippen molar-refractivity contribution in [3.63, 3.8) is 0 Å². The lowest BCUT2D eigenvalue weighted by Crippen LogP contribution is -2.26. The Morgan fingerprint density at radius 2 is 2.16 bits per heavy atom. The van der Waals surface area contributed by atoms with E-state index >= 15 is 0 Å². The van der Waals surface area contributed by atoms with E-state index in [0.717, 1.165) is 0 Å². The first-order valence-corrected chi connectivity index (χ1v) is 8.23. The Labute approximate surface area is 115 Å². The highest BCUT2D eigenvalue weighted by Crippen LogP contribution is 2.29. The number of anilines is 1. The molecule has 1 aromatic carbocycles. The van der Waals surface area contributed by atoms with Crippen molar-refractivity contribution in [3.8, 4) is 0 Å². The predicted molar refractivity (Wildman–Crippen MR) is 71.2 cm³/mol. The second-order valence-corrected chi connectivity index (χ2v) is 7.51. The molecule has 0 spiro atoms. The summed E-state index contributed by atoms with van der Waals surface area (Å²) >= 11 is 0. The molecule has 0 bridgehead atoms. The van der Waals surface area contributed by atoms with Crippen molar-refractivity contribution in [1.29, 1.82) is 0 Å². The van der Waals surface area contributed by atoms with Crippen molar-refractivity contribution < 1.29 is 17.6 Å². The zero-order valence-electron chi connectivity index (χ0n) is 10.3. The zero-order valence-corrected chi connectivity index (χ0v) is 11.8. The number of aryl methyl sites for hydroxylation is 1. The molecule has 4 nitrogen and oxygen atoms in total. The Hall–Kier alpha value is -1.14. The number of benzene rings is 1. The molecule has 0 aromatic heterocycles. The Kier molecular flexibility index (Phi) is 3.82. The van der Waals surface area contributed by atoms with E-state index < -0.39 is 20.8 Å². The molecule has 7 heteroatoms. The monoisotopic (exact) mass is 305 g/mol. The van der Waals surface area contributed by atoms with E-state index in [9.17, 15) is 17.6 Å². The Morgan fingerprint density at radius 1 is 1.47 bits per heavy atom. The molecular weight excluding hydrogens is 293 g/mol. The van der Waals surface area contributed by atoms with Gasteiger partial charge in [-0.1, -0.05) is 12.1 Å². The smallest absolute Gasteiger partial charge is 0.232 e. The quantitative estimate of drug-likeness (QED) is 0.803. The maximum absolute atomic E-state index is 14.0. The van der Waals surface area contributed by atoms with Crippen molar-refractivity contribution in [3.05, 3.63) is 29.6 Å². The molecule has 104 valence electrons. The molecule has 0 radical (unpaired) electrons. The summed E-state index contributed by atoms with van der Waals surface area (Å²) in [7, 11) is 1.52. The molecular formula is C12H13ClFNO3S. The molecule has 0 saturated carbocycles. The summed E-state index contributed by atoms with van der Waals surface area (Å²) < 4.78 is 36.0. The third kappa shape index (κ3) is 3.25. The van der Waals surface area contributed by atoms with Gasteiger partial charge < -0.3 is 4.90 Å². The van der Waals surface area contributed by atoms with E-state index in [1.165, 1.54) is 11.0 Å². The fraction of sp³-hybridized carbons (Fsp3) is 0.417. The summed E-state index contributed by atoms with van der Waals surface area (Å²) in [6.45, 7) is 1.78. The lowest BCUT2D eigenvalue weighted by molar-refractivity contribution is -0.117. The highest BCUT2D eigenvalue weighted by molar-refractivity contribution is 8.13. The number of hydrogen-bond acceptors (Lipinski definition) is 3. The van der Waals surface area contributed by atoms with Gasteiger partial charge in [0.2, 0.25) is 15.0 Å². The number of carbonyl (C=O) groups excluding carboxylic acids is 1. The van der Waals surface area contributed by atoms with Crippen molar-refractivity contribution in [2.75, 3.05) is 17.2 Å². The molecule has 1 heterocycles. The van der Waals surface area contributed by atoms with E-state index in [2.05, 4.69) is 0 Å². The highest BCUT2D eigenvalue weighted by Gasteiger charge is 2.34. The largest absolute Gasteiger partial charge is 0.309 e. The van der Waals surface area contributed by atoms with Gasteiger partial charge in [0.25, 0.3) is 0 Å². The van der Waals surface area contributed by atoms with Gasteiger partial charge in [0, 0.05) is 29.6 Å². The van der Waals surface area contributed by atoms with E-state index in [4.69, 9.17) is 10.7 Å². The SMILES string of the molecule is Cc1cccc(N2CC(CS(=O)(=O)Cl)CC2=O)c1F. The van der Waals surface area contributed by atoms with Gasteiger partial charge in [-0.15, -0.1) is 0 Å². The summed E-state index contributed by atoms with van der Waals surface area (Å²) in [5.41, 5.74) is 0.637. The fourth-order valence-electron chi connectivity index (χ4n) is 2.25. The molecule has 0 aliphatic carbocycles. The predicted octanol–water partition coefficient (Wildman–Crippen LogP) is 2.06. The van der Waals surface area contributed by atoms with Gasteiger partial charge in [0.1, 0.15) is 5.82 Å². The Morgan fingerprint density at radius 3 is 2.79 bits per heavy atom. The van der Waals surface area contributed by atoms with Crippen LogP contribution in [0, 0.1) is 18.7 Å². The summed E-state index contributed by atoms with van der Waals surface area (Å²) in [4.78, 5) is 13.1. The van der Waals surface area contributed by atoms with Crippen LogP contribution in [0.15, 0.2) is 18.2 Å². The van der Waals surface area contributed by atoms with Gasteiger partial charge in [-0.3, -0.25) is 4.79 Å². The van der Waals surface area contributed by atoms with E-state index in [0.29, 0.717) is 5.56 Å². The van der Waals surface area contributed by atoms with Crippen LogP contribution in [0.5, 0.6) is 0 Å². The van der Waals surface area contributed by atoms with Gasteiger partial charge in [-0.25, -0.2) is 12.8 Å². The average Bonchev–Trinajstić information content (AvgIpc) is 2.61. The van der Waals surface area contributed by atoms with Crippen LogP contribution in [-0.4, -0.2) is 26.6 Å². The van der Waals surface area contributed by atoms with Crippen LogP contribution >= 0.6 is 10.7 Å². The molecule has 1 saturated heterocycles. The molecule has 1 aliphatic heterocycles. The first-order valence-electron chi connectivity index (χ1n) is 5.76. The van der Waals surface area contributed by atoms with Crippen molar-refractivity contribution in [2.24, 2.45) is 5.92 Å². The van der Waals surface area contributed by atoms with Crippen molar-refractivity contribution in [2.45, 2.75) is 13.3 Å². The Bertz CT molecular complexity index is 617. The standard InChI is InChI=1S/C12H13ClFNO3S/c1-8-3-2-4-10(12(8)14)15-6-9(5-11(15)16)7-19(13,17)18/h2-4,9H,5-7H2,1H3. The number of carbonyl (C=O) groups is 1. The number of nitrogens with zero attached hydrogens (tertiary/aromatic N) is 1. The summed E-state index contributed by atoms with van der Waals surface area (Å²) in [5.74, 6) is -1.40. The van der Waals surface area contributed by atoms with E-state index in [-0.39, 0.29) is 30.3 Å². The van der Waals surface area contributed by atoms with Gasteiger partial charge in [0.15, 0.2) is 0 Å². The van der Waals surface area contributed by atoms with Gasteiger partial charge in [-0.2, -0.15) is 0 Å². The molecule has 1 unspecified atom stereocenters. The van der Waals surface area contributed by atoms with Crippen LogP contribution in [0.4, 0.5) is 10.1 Å². The van der Waals surface area contributed by atoms with Gasteiger partial charge in [-0.05, 0) is 18.6 Å². The minimum atomic E-state index is -3.66. The van der Waals surface area contributed by atoms with Crippen molar-refractivity contribution >= 4 is 31.3 Å². The van der Waals surface area contributed by atoms with Gasteiger partial charge in [0.05, 0.1) is 11.4 Å². The molecule has 2 rings (SSSR count). The summed E-state index contributed by atoms with van der Waals surface area (Å²) in [6, 6.07) is 4.78. The van der Waals surface area contributed by atoms with Gasteiger partial charge >= 0.3 is 0 Å². The topological polar surface area (TPSA) is 54.5 Å². The summed E-state index contributed by atoms with van der Waals surface area (Å²) in [6.07, 6.45) is 0.0688. The van der Waals surface area contributed by atoms with Crippen LogP contribution in [0.2, 0.25) is 0 Å². The Balaban J connectivity index is 2.23. The molecule has 1 aromatic rings. The van der Waals surface area contributed by atoms with Crippen molar-refractivity contribution in [1.82, 2.24) is 0 Å². The lowest BCUT2D eigenvalue weighted by Gasteiger charge is -2.18. The maximum Gasteiger partial charge on any atom is 0.232 e. The average molecular weight is 306 g/mol. The first kappa shape index (κ1) is 14.3. The third-order valence-corrected chi connectivity index (χ3v) is 4.35. The minimum Gasteiger partial charge on any atom is -0.309 e. The van der Waals surface area contributed by atoms with Crippen LogP contribution in [0.25, 0.3) is 0 Å². The second-order valence-electron chi connectivity index (χ2n) is 4.69. The number of halogens is 2. The molecule has 0 N–H and O–H groups in total. The molecule has 1 atom stereocenters. The summed E-state index contributed by atoms with van der Waals surface area (Å²) in [5, 5.41) is 0. The molecule has 19 heavy (non-hydrogen) atoms. The lowest BCUT2D eigenvalue weighted by atomic mass is 10.1. The van der Waals surface area contributed by atoms with E-state index in [1.807, 2.05) is 0 Å². The maximum atomic E-state index is 14.0. The third-order valence-electron chi connectivity index (χ3n) is 3.10. The van der Waals surface area contributed by atoms with Crippen LogP contribution in [-0.2, 0) is 13.8 Å². The van der Waals surface area contributed by atoms with Crippen LogP contribution in [0.3, 0.4) is 0 Å². The fourth-order valence-corrected chi connectivity index (χ4v) is 3.57. The highest BCUT2D eigenvalue weighted by atomic mass is 35.7. The number of hydrogen-bond donors (Lipinski definition) is 0. The van der Waals surface area contributed by atoms with Crippen LogP contribution < -0.4 is 4.90 Å². The second kappa shape index (κ2) is 5.09. The zero-order chi connectivity index (χ0) is 14.2. The molecule has 1 amide bonds. The number of amides is 1. The van der Waals surface area contributed by atoms with E-state index in [1.54, 1.807) is 19.1 Å². The minimum absolute atomic E-state index is 0.0688. The normalized spacial score (nSPS) is 20.1.